The first-order chi connectivity index (χ1) is 21.1. The molecule has 6 rings (SSSR count). The van der Waals surface area contributed by atoms with Crippen LogP contribution in [-0.4, -0.2) is 31.8 Å². The van der Waals surface area contributed by atoms with Gasteiger partial charge in [-0.05, 0) is 110 Å². The molecule has 0 spiro atoms. The standard InChI is InChI=1S/C22H36O.C13H16N2S.C5H6/c1-6-8-18-17-10-9-16-13-15(3)11-12-22(16,5)20(17)19(23)14-21(18,4)7-2;1-4-16(10(2)3)13-9-14-11-7-5-6-8-12(11)15-13;1-2-4-5-3-1/h13,17-20,23H,3,6-12,14H2,1-2,4-5H3;5-9H,4H2,1-3H3;1-4H,5H2. The molecular weight excluding hydrogens is 557 g/mol. The van der Waals surface area contributed by atoms with Gasteiger partial charge in [0.15, 0.2) is 0 Å². The lowest BCUT2D eigenvalue weighted by atomic mass is 9.45. The van der Waals surface area contributed by atoms with Crippen molar-refractivity contribution in [2.75, 3.05) is 5.75 Å². The molecule has 2 aromatic rings. The highest BCUT2D eigenvalue weighted by atomic mass is 32.2. The van der Waals surface area contributed by atoms with E-state index in [1.807, 2.05) is 30.5 Å². The summed E-state index contributed by atoms with van der Waals surface area (Å²) in [6.07, 6.45) is 23.3. The molecule has 0 bridgehead atoms. The molecule has 7 atom stereocenters. The summed E-state index contributed by atoms with van der Waals surface area (Å²) < 4.78 is 0. The summed E-state index contributed by atoms with van der Waals surface area (Å²) in [6.45, 7) is 20.3. The average molecular weight is 615 g/mol. The van der Waals surface area contributed by atoms with Gasteiger partial charge in [0.05, 0.1) is 23.3 Å². The summed E-state index contributed by atoms with van der Waals surface area (Å²) in [5, 5.41) is 12.3. The van der Waals surface area contributed by atoms with Gasteiger partial charge in [0.2, 0.25) is 0 Å². The van der Waals surface area contributed by atoms with Crippen molar-refractivity contribution in [3.8, 4) is 0 Å². The SMILES string of the molecule is C1=CCC=C1.C=C1C=C2CCC3C(CCC)C(C)(CC)CC(O)C3C2(C)CC1.CCS(=C(C)C)c1cnc2ccccc2n1. The molecule has 7 unspecified atom stereocenters. The maximum absolute atomic E-state index is 11.2. The minimum Gasteiger partial charge on any atom is -0.393 e. The van der Waals surface area contributed by atoms with Gasteiger partial charge in [-0.15, -0.1) is 10.5 Å². The number of aliphatic hydroxyl groups excluding tert-OH is 1. The first-order valence-electron chi connectivity index (χ1n) is 17.2. The molecular formula is C40H58N2OS. The molecule has 4 aliphatic rings. The van der Waals surface area contributed by atoms with Gasteiger partial charge in [0.25, 0.3) is 0 Å². The molecule has 4 aliphatic carbocycles. The van der Waals surface area contributed by atoms with Gasteiger partial charge in [-0.2, -0.15) is 0 Å². The van der Waals surface area contributed by atoms with Crippen LogP contribution < -0.4 is 0 Å². The van der Waals surface area contributed by atoms with Crippen LogP contribution in [0.5, 0.6) is 0 Å². The Morgan fingerprint density at radius 3 is 2.34 bits per heavy atom. The zero-order chi connectivity index (χ0) is 31.9. The molecule has 2 fully saturated rings. The Bertz CT molecular complexity index is 1410. The van der Waals surface area contributed by atoms with E-state index in [1.165, 1.54) is 49.0 Å². The summed E-state index contributed by atoms with van der Waals surface area (Å²) in [5.41, 5.74) is 5.39. The van der Waals surface area contributed by atoms with Crippen LogP contribution in [0.3, 0.4) is 0 Å². The first-order valence-corrected chi connectivity index (χ1v) is 18.6. The van der Waals surface area contributed by atoms with Gasteiger partial charge in [-0.25, -0.2) is 4.98 Å². The molecule has 1 heterocycles. The van der Waals surface area contributed by atoms with E-state index >= 15 is 0 Å². The lowest BCUT2D eigenvalue weighted by Crippen LogP contribution is -2.56. The third kappa shape index (κ3) is 7.56. The summed E-state index contributed by atoms with van der Waals surface area (Å²) in [6, 6.07) is 8.02. The average Bonchev–Trinajstić information content (AvgIpc) is 3.60. The number of rotatable bonds is 5. The van der Waals surface area contributed by atoms with E-state index in [9.17, 15) is 5.11 Å². The molecule has 0 saturated heterocycles. The van der Waals surface area contributed by atoms with Crippen molar-refractivity contribution in [3.05, 3.63) is 78.6 Å². The molecule has 4 heteroatoms. The highest BCUT2D eigenvalue weighted by Crippen LogP contribution is 2.63. The number of benzene rings is 1. The van der Waals surface area contributed by atoms with Crippen LogP contribution >= 0.6 is 10.5 Å². The van der Waals surface area contributed by atoms with Crippen molar-refractivity contribution in [1.82, 2.24) is 9.97 Å². The monoisotopic (exact) mass is 614 g/mol. The minimum atomic E-state index is -0.127. The van der Waals surface area contributed by atoms with Crippen LogP contribution in [0.2, 0.25) is 0 Å². The predicted octanol–water partition coefficient (Wildman–Crippen LogP) is 10.9. The van der Waals surface area contributed by atoms with Gasteiger partial charge in [-0.3, -0.25) is 4.98 Å². The second kappa shape index (κ2) is 15.3. The van der Waals surface area contributed by atoms with Crippen LogP contribution in [0.4, 0.5) is 0 Å². The fraction of sp³-hybridized carbons (Fsp3) is 0.575. The van der Waals surface area contributed by atoms with Crippen molar-refractivity contribution < 1.29 is 5.11 Å². The first kappa shape index (κ1) is 34.6. The number of para-hydroxylation sites is 2. The number of fused-ring (bicyclic) bond motifs is 4. The summed E-state index contributed by atoms with van der Waals surface area (Å²) in [7, 11) is 0.140. The fourth-order valence-electron chi connectivity index (χ4n) is 8.59. The Hall–Kier alpha value is -2.30. The topological polar surface area (TPSA) is 46.0 Å². The Kier molecular flexibility index (Phi) is 12.0. The van der Waals surface area contributed by atoms with Crippen molar-refractivity contribution in [1.29, 1.82) is 0 Å². The molecule has 0 aliphatic heterocycles. The number of allylic oxidation sites excluding steroid dienone is 7. The Morgan fingerprint density at radius 1 is 1.05 bits per heavy atom. The Morgan fingerprint density at radius 2 is 1.75 bits per heavy atom. The summed E-state index contributed by atoms with van der Waals surface area (Å²) in [4.78, 5) is 10.6. The molecule has 240 valence electrons. The fourth-order valence-corrected chi connectivity index (χ4v) is 10.3. The summed E-state index contributed by atoms with van der Waals surface area (Å²) in [5.74, 6) is 3.06. The molecule has 1 N–H and O–H groups in total. The highest BCUT2D eigenvalue weighted by molar-refractivity contribution is 8.15. The van der Waals surface area contributed by atoms with E-state index in [0.29, 0.717) is 17.3 Å². The van der Waals surface area contributed by atoms with Crippen LogP contribution in [0, 0.1) is 28.6 Å². The van der Waals surface area contributed by atoms with Crippen LogP contribution in [0.1, 0.15) is 106 Å². The molecule has 44 heavy (non-hydrogen) atoms. The smallest absolute Gasteiger partial charge is 0.110 e. The normalized spacial score (nSPS) is 31.1. The van der Waals surface area contributed by atoms with E-state index in [1.54, 1.807) is 5.57 Å². The van der Waals surface area contributed by atoms with E-state index in [4.69, 9.17) is 4.98 Å². The number of hydrogen-bond donors (Lipinski definition) is 1. The third-order valence-corrected chi connectivity index (χ3v) is 13.3. The van der Waals surface area contributed by atoms with Gasteiger partial charge in [0, 0.05) is 0 Å². The lowest BCUT2D eigenvalue weighted by molar-refractivity contribution is -0.130. The third-order valence-electron chi connectivity index (χ3n) is 11.0. The molecule has 0 radical (unpaired) electrons. The zero-order valence-corrected chi connectivity index (χ0v) is 29.4. The Balaban J connectivity index is 0.000000181. The van der Waals surface area contributed by atoms with E-state index in [-0.39, 0.29) is 22.0 Å². The zero-order valence-electron chi connectivity index (χ0n) is 28.6. The van der Waals surface area contributed by atoms with Crippen molar-refractivity contribution >= 4 is 26.4 Å². The summed E-state index contributed by atoms with van der Waals surface area (Å²) >= 11 is 0. The number of hydrogen-bond acceptors (Lipinski definition) is 3. The number of aliphatic hydroxyl groups is 1. The molecule has 2 saturated carbocycles. The largest absolute Gasteiger partial charge is 0.393 e. The van der Waals surface area contributed by atoms with Crippen LogP contribution in [-0.2, 0) is 0 Å². The Labute approximate surface area is 271 Å². The van der Waals surface area contributed by atoms with E-state index < -0.39 is 0 Å². The van der Waals surface area contributed by atoms with E-state index in [0.717, 1.165) is 47.0 Å². The maximum Gasteiger partial charge on any atom is 0.110 e. The van der Waals surface area contributed by atoms with Crippen molar-refractivity contribution in [3.63, 3.8) is 0 Å². The van der Waals surface area contributed by atoms with Crippen molar-refractivity contribution in [2.24, 2.45) is 28.6 Å². The van der Waals surface area contributed by atoms with Gasteiger partial charge in [-0.1, -0.05) is 108 Å². The van der Waals surface area contributed by atoms with E-state index in [2.05, 4.69) is 90.4 Å². The highest BCUT2D eigenvalue weighted by Gasteiger charge is 2.57. The van der Waals surface area contributed by atoms with Gasteiger partial charge in [0.1, 0.15) is 5.03 Å². The lowest BCUT2D eigenvalue weighted by Gasteiger charge is -2.60. The second-order valence-corrected chi connectivity index (χ2v) is 16.6. The van der Waals surface area contributed by atoms with Gasteiger partial charge < -0.3 is 5.11 Å². The van der Waals surface area contributed by atoms with Crippen LogP contribution in [0.15, 0.2) is 83.6 Å². The maximum atomic E-state index is 11.2. The molecule has 0 amide bonds. The molecule has 1 aromatic carbocycles. The number of nitrogens with zero attached hydrogens (tertiary/aromatic N) is 2. The minimum absolute atomic E-state index is 0.127. The predicted molar refractivity (Wildman–Crippen MR) is 193 cm³/mol. The quantitative estimate of drug-likeness (QED) is 0.341. The molecule has 1 aromatic heterocycles. The van der Waals surface area contributed by atoms with Crippen molar-refractivity contribution in [2.45, 2.75) is 117 Å². The van der Waals surface area contributed by atoms with Gasteiger partial charge >= 0.3 is 0 Å². The molecule has 3 nitrogen and oxygen atoms in total. The second-order valence-electron chi connectivity index (χ2n) is 14.0. The van der Waals surface area contributed by atoms with Crippen LogP contribution in [0.25, 0.3) is 11.0 Å². The number of aromatic nitrogens is 2.